The smallest absolute Gasteiger partial charge is 0.0181 e. The van der Waals surface area contributed by atoms with Crippen molar-refractivity contribution in [2.24, 2.45) is 17.8 Å². The van der Waals surface area contributed by atoms with Crippen LogP contribution in [0, 0.1) is 17.8 Å². The van der Waals surface area contributed by atoms with Crippen LogP contribution in [0.1, 0.15) is 52.4 Å². The van der Waals surface area contributed by atoms with E-state index in [2.05, 4.69) is 26.2 Å². The topological polar surface area (TPSA) is 12.0 Å². The van der Waals surface area contributed by atoms with Crippen molar-refractivity contribution < 1.29 is 0 Å². The van der Waals surface area contributed by atoms with Crippen molar-refractivity contribution in [2.45, 2.75) is 57.9 Å². The van der Waals surface area contributed by atoms with Gasteiger partial charge in [0.25, 0.3) is 0 Å². The molecule has 2 aliphatic carbocycles. The summed E-state index contributed by atoms with van der Waals surface area (Å²) in [7, 11) is 2.16. The maximum atomic E-state index is 3.61. The quantitative estimate of drug-likeness (QED) is 0.713. The zero-order valence-corrected chi connectivity index (χ0v) is 9.97. The summed E-state index contributed by atoms with van der Waals surface area (Å²) in [5.41, 5.74) is 0.494. The van der Waals surface area contributed by atoms with Crippen LogP contribution in [0.25, 0.3) is 0 Å². The van der Waals surface area contributed by atoms with Gasteiger partial charge in [0.05, 0.1) is 0 Å². The summed E-state index contributed by atoms with van der Waals surface area (Å²) < 4.78 is 0. The molecule has 1 nitrogen and oxygen atoms in total. The SMILES string of the molecule is CCC1(NC)CC2CC(C)CC(C2)C1. The molecule has 0 saturated heterocycles. The molecule has 1 N–H and O–H groups in total. The summed E-state index contributed by atoms with van der Waals surface area (Å²) in [6, 6.07) is 0. The van der Waals surface area contributed by atoms with Gasteiger partial charge in [-0.1, -0.05) is 13.8 Å². The summed E-state index contributed by atoms with van der Waals surface area (Å²) in [5, 5.41) is 3.61. The van der Waals surface area contributed by atoms with Crippen LogP contribution in [0.15, 0.2) is 0 Å². The summed E-state index contributed by atoms with van der Waals surface area (Å²) in [6.07, 6.45) is 8.67. The molecule has 0 aliphatic heterocycles. The lowest BCUT2D eigenvalue weighted by Crippen LogP contribution is -2.50. The number of hydrogen-bond acceptors (Lipinski definition) is 1. The van der Waals surface area contributed by atoms with Crippen molar-refractivity contribution in [3.63, 3.8) is 0 Å². The highest BCUT2D eigenvalue weighted by Crippen LogP contribution is 2.47. The van der Waals surface area contributed by atoms with Gasteiger partial charge in [0, 0.05) is 5.54 Å². The van der Waals surface area contributed by atoms with Crippen molar-refractivity contribution in [3.05, 3.63) is 0 Å². The summed E-state index contributed by atoms with van der Waals surface area (Å²) in [6.45, 7) is 4.79. The molecule has 0 amide bonds. The van der Waals surface area contributed by atoms with Gasteiger partial charge in [-0.3, -0.25) is 0 Å². The summed E-state index contributed by atoms with van der Waals surface area (Å²) in [5.74, 6) is 3.03. The molecule has 2 bridgehead atoms. The molecule has 14 heavy (non-hydrogen) atoms. The van der Waals surface area contributed by atoms with Crippen LogP contribution in [0.4, 0.5) is 0 Å². The second-order valence-corrected chi connectivity index (χ2v) is 5.84. The minimum atomic E-state index is 0.494. The average Bonchev–Trinajstić information content (AvgIpc) is 2.15. The zero-order chi connectivity index (χ0) is 10.2. The fourth-order valence-corrected chi connectivity index (χ4v) is 4.09. The molecule has 2 saturated carbocycles. The molecule has 1 heteroatoms. The molecule has 2 fully saturated rings. The highest BCUT2D eigenvalue weighted by atomic mass is 14.9. The minimum absolute atomic E-state index is 0.494. The van der Waals surface area contributed by atoms with Gasteiger partial charge in [-0.05, 0) is 63.3 Å². The van der Waals surface area contributed by atoms with Crippen LogP contribution in [0.5, 0.6) is 0 Å². The van der Waals surface area contributed by atoms with E-state index < -0.39 is 0 Å². The van der Waals surface area contributed by atoms with Gasteiger partial charge in [-0.15, -0.1) is 0 Å². The minimum Gasteiger partial charge on any atom is -0.314 e. The van der Waals surface area contributed by atoms with E-state index in [9.17, 15) is 0 Å². The molecule has 82 valence electrons. The number of rotatable bonds is 2. The molecule has 0 aromatic heterocycles. The van der Waals surface area contributed by atoms with Gasteiger partial charge in [-0.2, -0.15) is 0 Å². The van der Waals surface area contributed by atoms with E-state index in [4.69, 9.17) is 0 Å². The zero-order valence-electron chi connectivity index (χ0n) is 9.97. The lowest BCUT2D eigenvalue weighted by Gasteiger charge is -2.48. The first kappa shape index (κ1) is 10.5. The van der Waals surface area contributed by atoms with Crippen LogP contribution in [-0.4, -0.2) is 12.6 Å². The first-order valence-corrected chi connectivity index (χ1v) is 6.36. The third-order valence-corrected chi connectivity index (χ3v) is 4.70. The Hall–Kier alpha value is -0.0400. The Kier molecular flexibility index (Phi) is 2.88. The fraction of sp³-hybridized carbons (Fsp3) is 1.00. The van der Waals surface area contributed by atoms with Crippen molar-refractivity contribution in [1.29, 1.82) is 0 Å². The molecular formula is C13H25N. The predicted octanol–water partition coefficient (Wildman–Crippen LogP) is 3.20. The Bertz CT molecular complexity index is 175. The molecule has 2 unspecified atom stereocenters. The Morgan fingerprint density at radius 1 is 1.14 bits per heavy atom. The van der Waals surface area contributed by atoms with E-state index in [0.29, 0.717) is 5.54 Å². The largest absolute Gasteiger partial charge is 0.314 e. The van der Waals surface area contributed by atoms with Crippen LogP contribution < -0.4 is 5.32 Å². The van der Waals surface area contributed by atoms with E-state index in [-0.39, 0.29) is 0 Å². The molecule has 0 aromatic rings. The molecule has 0 heterocycles. The monoisotopic (exact) mass is 195 g/mol. The lowest BCUT2D eigenvalue weighted by atomic mass is 9.61. The average molecular weight is 195 g/mol. The molecule has 2 rings (SSSR count). The second-order valence-electron chi connectivity index (χ2n) is 5.84. The lowest BCUT2D eigenvalue weighted by molar-refractivity contribution is 0.0661. The van der Waals surface area contributed by atoms with Crippen LogP contribution in [0.3, 0.4) is 0 Å². The van der Waals surface area contributed by atoms with Gasteiger partial charge in [0.2, 0.25) is 0 Å². The maximum Gasteiger partial charge on any atom is 0.0181 e. The molecular weight excluding hydrogens is 170 g/mol. The third kappa shape index (κ3) is 1.84. The van der Waals surface area contributed by atoms with Crippen LogP contribution >= 0.6 is 0 Å². The third-order valence-electron chi connectivity index (χ3n) is 4.70. The number of nitrogens with one attached hydrogen (secondary N) is 1. The standard InChI is InChI=1S/C13H25N/c1-4-13(14-3)8-11-5-10(2)6-12(7-11)9-13/h10-12,14H,4-9H2,1-3H3. The highest BCUT2D eigenvalue weighted by Gasteiger charge is 2.41. The Balaban J connectivity index is 2.07. The molecule has 0 aromatic carbocycles. The van der Waals surface area contributed by atoms with Gasteiger partial charge in [0.15, 0.2) is 0 Å². The molecule has 0 spiro atoms. The Morgan fingerprint density at radius 2 is 1.71 bits per heavy atom. The highest BCUT2D eigenvalue weighted by molar-refractivity contribution is 4.97. The van der Waals surface area contributed by atoms with E-state index >= 15 is 0 Å². The Morgan fingerprint density at radius 3 is 2.14 bits per heavy atom. The van der Waals surface area contributed by atoms with Crippen molar-refractivity contribution in [3.8, 4) is 0 Å². The predicted molar refractivity (Wildman–Crippen MR) is 61.3 cm³/mol. The molecule has 2 aliphatic rings. The number of fused-ring (bicyclic) bond motifs is 2. The fourth-order valence-electron chi connectivity index (χ4n) is 4.09. The van der Waals surface area contributed by atoms with Crippen molar-refractivity contribution >= 4 is 0 Å². The number of hydrogen-bond donors (Lipinski definition) is 1. The van der Waals surface area contributed by atoms with Crippen molar-refractivity contribution in [2.75, 3.05) is 7.05 Å². The van der Waals surface area contributed by atoms with E-state index in [1.165, 1.54) is 38.5 Å². The van der Waals surface area contributed by atoms with Gasteiger partial charge in [0.1, 0.15) is 0 Å². The first-order chi connectivity index (χ1) is 6.67. The van der Waals surface area contributed by atoms with E-state index in [1.54, 1.807) is 0 Å². The van der Waals surface area contributed by atoms with Crippen molar-refractivity contribution in [1.82, 2.24) is 5.32 Å². The second kappa shape index (κ2) is 3.84. The summed E-state index contributed by atoms with van der Waals surface area (Å²) in [4.78, 5) is 0. The van der Waals surface area contributed by atoms with E-state index in [0.717, 1.165) is 17.8 Å². The summed E-state index contributed by atoms with van der Waals surface area (Å²) >= 11 is 0. The molecule has 2 atom stereocenters. The first-order valence-electron chi connectivity index (χ1n) is 6.36. The van der Waals surface area contributed by atoms with Crippen LogP contribution in [0.2, 0.25) is 0 Å². The van der Waals surface area contributed by atoms with Gasteiger partial charge < -0.3 is 5.32 Å². The van der Waals surface area contributed by atoms with Gasteiger partial charge >= 0.3 is 0 Å². The van der Waals surface area contributed by atoms with E-state index in [1.807, 2.05) is 0 Å². The Labute approximate surface area is 88.7 Å². The molecule has 0 radical (unpaired) electrons. The van der Waals surface area contributed by atoms with Crippen LogP contribution in [-0.2, 0) is 0 Å². The normalized spacial score (nSPS) is 47.8. The van der Waals surface area contributed by atoms with Gasteiger partial charge in [-0.25, -0.2) is 0 Å². The maximum absolute atomic E-state index is 3.61.